The molecule has 1 aromatic carbocycles. The van der Waals surface area contributed by atoms with Crippen molar-refractivity contribution in [2.45, 2.75) is 90.0 Å². The normalized spacial score (nSPS) is 17.9. The van der Waals surface area contributed by atoms with E-state index in [4.69, 9.17) is 15.1 Å². The second-order valence-electron chi connectivity index (χ2n) is 17.5. The molecule has 5 aromatic rings. The van der Waals surface area contributed by atoms with Crippen molar-refractivity contribution in [3.05, 3.63) is 69.9 Å². The molecule has 0 radical (unpaired) electrons. The Kier molecular flexibility index (Phi) is 12.2. The number of hydrogen-bond donors (Lipinski definition) is 2. The molecular formula is C46H59N11O4. The topological polar surface area (TPSA) is 163 Å². The number of amides is 1. The van der Waals surface area contributed by atoms with E-state index < -0.39 is 5.41 Å². The van der Waals surface area contributed by atoms with Crippen LogP contribution in [0.4, 0.5) is 23.1 Å². The van der Waals surface area contributed by atoms with Gasteiger partial charge in [-0.05, 0) is 108 Å². The highest BCUT2D eigenvalue weighted by atomic mass is 16.2. The highest BCUT2D eigenvalue weighted by Crippen LogP contribution is 2.36. The Bertz CT molecular complexity index is 2480. The van der Waals surface area contributed by atoms with E-state index in [2.05, 4.69) is 54.6 Å². The number of carbonyl (C=O) groups is 3. The van der Waals surface area contributed by atoms with Crippen LogP contribution in [0.25, 0.3) is 21.9 Å². The Morgan fingerprint density at radius 2 is 1.64 bits per heavy atom. The Morgan fingerprint density at radius 1 is 0.918 bits per heavy atom. The number of nitrogens with zero attached hydrogens (tertiary/aromatic N) is 9. The van der Waals surface area contributed by atoms with E-state index in [1.807, 2.05) is 30.9 Å². The van der Waals surface area contributed by atoms with Crippen molar-refractivity contribution in [3.8, 4) is 0 Å². The number of Topliss-reactive ketones (excluding diaryl/α,β-unsaturated/α-hetero) is 1. The molecule has 2 saturated heterocycles. The molecule has 6 heterocycles. The highest BCUT2D eigenvalue weighted by Gasteiger charge is 2.38. The molecule has 322 valence electrons. The first-order valence-corrected chi connectivity index (χ1v) is 22.0. The van der Waals surface area contributed by atoms with E-state index in [1.54, 1.807) is 24.7 Å². The van der Waals surface area contributed by atoms with E-state index in [0.29, 0.717) is 47.4 Å². The smallest absolute Gasteiger partial charge is 0.263 e. The molecular weight excluding hydrogens is 771 g/mol. The number of piperidine rings is 1. The minimum absolute atomic E-state index is 0.0225. The number of nitrogens with one attached hydrogen (secondary N) is 2. The van der Waals surface area contributed by atoms with Gasteiger partial charge in [0.2, 0.25) is 11.9 Å². The molecule has 4 aromatic heterocycles. The van der Waals surface area contributed by atoms with Gasteiger partial charge in [0.1, 0.15) is 17.8 Å². The molecule has 3 fully saturated rings. The molecule has 2 aliphatic heterocycles. The molecule has 3 aliphatic rings. The quantitative estimate of drug-likeness (QED) is 0.102. The fraction of sp³-hybridized carbons (Fsp3) is 0.522. The second-order valence-corrected chi connectivity index (χ2v) is 17.5. The summed E-state index contributed by atoms with van der Waals surface area (Å²) in [6, 6.07) is 10.5. The zero-order valence-corrected chi connectivity index (χ0v) is 36.2. The van der Waals surface area contributed by atoms with E-state index in [0.717, 1.165) is 118 Å². The van der Waals surface area contributed by atoms with E-state index >= 15 is 0 Å². The van der Waals surface area contributed by atoms with Crippen LogP contribution in [-0.2, 0) is 22.1 Å². The summed E-state index contributed by atoms with van der Waals surface area (Å²) in [6.07, 6.45) is 12.6. The van der Waals surface area contributed by atoms with Crippen LogP contribution in [0.5, 0.6) is 0 Å². The van der Waals surface area contributed by atoms with Gasteiger partial charge in [0.15, 0.2) is 5.78 Å². The van der Waals surface area contributed by atoms with Gasteiger partial charge in [-0.3, -0.25) is 28.5 Å². The van der Waals surface area contributed by atoms with Crippen molar-refractivity contribution in [1.29, 1.82) is 0 Å². The number of hydrogen-bond acceptors (Lipinski definition) is 12. The van der Waals surface area contributed by atoms with Crippen LogP contribution in [0.2, 0.25) is 0 Å². The molecule has 0 unspecified atom stereocenters. The van der Waals surface area contributed by atoms with Crippen LogP contribution in [0.3, 0.4) is 0 Å². The van der Waals surface area contributed by atoms with E-state index in [1.165, 1.54) is 13.3 Å². The molecule has 1 aliphatic carbocycles. The standard InChI is InChI=1S/C46H59N11O4/c1-30-37-29-49-45(51-42(37)57(33-9-6-7-10-33)43(60)40(30)31(2)59)50-39-14-12-35(28-48-39)55-20-16-32(17-21-55)15-19-54-22-24-56(25-23-54)34-11-13-36-38(27-34)53(5)52-41(36)46(3,18-8-26-58)44(61)47-4/h11-14,26-29,32-33H,6-10,15-25H2,1-5H3,(H,47,61)(H,48,49,50,51)/t46-/m1/s1. The summed E-state index contributed by atoms with van der Waals surface area (Å²) in [5.41, 5.74) is 4.21. The lowest BCUT2D eigenvalue weighted by Gasteiger charge is -2.38. The first kappa shape index (κ1) is 42.0. The number of pyridine rings is 2. The van der Waals surface area contributed by atoms with Gasteiger partial charge in [-0.2, -0.15) is 10.1 Å². The Labute approximate surface area is 356 Å². The number of carbonyl (C=O) groups excluding carboxylic acids is 3. The van der Waals surface area contributed by atoms with Gasteiger partial charge in [-0.25, -0.2) is 9.97 Å². The third kappa shape index (κ3) is 8.36. The molecule has 1 saturated carbocycles. The highest BCUT2D eigenvalue weighted by molar-refractivity contribution is 5.99. The lowest BCUT2D eigenvalue weighted by molar-refractivity contribution is -0.126. The van der Waals surface area contributed by atoms with Gasteiger partial charge in [0, 0.05) is 88.5 Å². The number of rotatable bonds is 14. The molecule has 15 heteroatoms. The van der Waals surface area contributed by atoms with Crippen molar-refractivity contribution < 1.29 is 14.4 Å². The summed E-state index contributed by atoms with van der Waals surface area (Å²) in [7, 11) is 3.55. The van der Waals surface area contributed by atoms with Gasteiger partial charge in [0.25, 0.3) is 5.56 Å². The van der Waals surface area contributed by atoms with E-state index in [-0.39, 0.29) is 28.9 Å². The van der Waals surface area contributed by atoms with Gasteiger partial charge in [0.05, 0.1) is 34.1 Å². The molecule has 15 nitrogen and oxygen atoms in total. The zero-order valence-electron chi connectivity index (χ0n) is 36.2. The predicted octanol–water partition coefficient (Wildman–Crippen LogP) is 5.85. The summed E-state index contributed by atoms with van der Waals surface area (Å²) >= 11 is 0. The fourth-order valence-corrected chi connectivity index (χ4v) is 9.96. The molecule has 61 heavy (non-hydrogen) atoms. The maximum Gasteiger partial charge on any atom is 0.263 e. The predicted molar refractivity (Wildman–Crippen MR) is 239 cm³/mol. The summed E-state index contributed by atoms with van der Waals surface area (Å²) in [5.74, 6) is 1.32. The summed E-state index contributed by atoms with van der Waals surface area (Å²) in [4.78, 5) is 71.9. The first-order chi connectivity index (χ1) is 29.5. The SMILES string of the molecule is CNC(=O)[C@](C)(CCC=O)c1nn(C)c2cc(N3CCN(CCC4CCN(c5ccc(Nc6ncc7c(C)c(C(C)=O)c(=O)n(C8CCCC8)c7n6)nc5)CC4)CC3)ccc12. The Balaban J connectivity index is 0.825. The van der Waals surface area contributed by atoms with Crippen LogP contribution in [-0.4, -0.2) is 105 Å². The molecule has 2 N–H and O–H groups in total. The molecule has 1 amide bonds. The monoisotopic (exact) mass is 829 g/mol. The van der Waals surface area contributed by atoms with Gasteiger partial charge < -0.3 is 25.2 Å². The van der Waals surface area contributed by atoms with Gasteiger partial charge in [-0.15, -0.1) is 0 Å². The van der Waals surface area contributed by atoms with Crippen LogP contribution in [0.1, 0.15) is 99.3 Å². The van der Waals surface area contributed by atoms with Crippen molar-refractivity contribution in [3.63, 3.8) is 0 Å². The number of aryl methyl sites for hydroxylation is 2. The number of ketones is 1. The summed E-state index contributed by atoms with van der Waals surface area (Å²) in [5, 5.41) is 12.5. The fourth-order valence-electron chi connectivity index (χ4n) is 9.96. The summed E-state index contributed by atoms with van der Waals surface area (Å²) < 4.78 is 3.59. The number of aldehydes is 1. The van der Waals surface area contributed by atoms with Crippen molar-refractivity contribution in [2.75, 3.05) is 68.0 Å². The largest absolute Gasteiger partial charge is 0.370 e. The van der Waals surface area contributed by atoms with Gasteiger partial charge in [-0.1, -0.05) is 12.8 Å². The maximum absolute atomic E-state index is 13.6. The van der Waals surface area contributed by atoms with Gasteiger partial charge >= 0.3 is 0 Å². The van der Waals surface area contributed by atoms with Crippen LogP contribution >= 0.6 is 0 Å². The van der Waals surface area contributed by atoms with Crippen LogP contribution < -0.4 is 26.0 Å². The van der Waals surface area contributed by atoms with Crippen molar-refractivity contribution >= 4 is 63.1 Å². The number of likely N-dealkylation sites (N-methyl/N-ethyl adjacent to an activating group) is 1. The lowest BCUT2D eigenvalue weighted by Crippen LogP contribution is -2.47. The maximum atomic E-state index is 13.6. The minimum Gasteiger partial charge on any atom is -0.370 e. The Morgan fingerprint density at radius 3 is 2.31 bits per heavy atom. The van der Waals surface area contributed by atoms with Crippen LogP contribution in [0.15, 0.2) is 47.5 Å². The number of benzene rings is 1. The van der Waals surface area contributed by atoms with Crippen molar-refractivity contribution in [1.82, 2.24) is 39.5 Å². The molecule has 0 spiro atoms. The van der Waals surface area contributed by atoms with Crippen molar-refractivity contribution in [2.24, 2.45) is 13.0 Å². The molecule has 0 bridgehead atoms. The summed E-state index contributed by atoms with van der Waals surface area (Å²) in [6.45, 7) is 12.2. The zero-order chi connectivity index (χ0) is 42.8. The molecule has 8 rings (SSSR count). The number of piperazine rings is 1. The second kappa shape index (κ2) is 17.7. The average Bonchev–Trinajstić information content (AvgIpc) is 3.93. The van der Waals surface area contributed by atoms with E-state index in [9.17, 15) is 19.2 Å². The third-order valence-electron chi connectivity index (χ3n) is 13.7. The first-order valence-electron chi connectivity index (χ1n) is 22.0. The average molecular weight is 830 g/mol. The van der Waals surface area contributed by atoms with Crippen LogP contribution in [0, 0.1) is 12.8 Å². The Hall–Kier alpha value is -5.70. The molecule has 1 atom stereocenters. The number of fused-ring (bicyclic) bond motifs is 2. The minimum atomic E-state index is -0.897. The number of anilines is 4. The third-order valence-corrected chi connectivity index (χ3v) is 13.7. The number of aromatic nitrogens is 6. The lowest BCUT2D eigenvalue weighted by atomic mass is 9.80.